The first kappa shape index (κ1) is 19.2. The van der Waals surface area contributed by atoms with Gasteiger partial charge in [0.2, 0.25) is 10.0 Å². The Balaban J connectivity index is 1.74. The topological polar surface area (TPSA) is 98.5 Å². The summed E-state index contributed by atoms with van der Waals surface area (Å²) in [5.41, 5.74) is 0.434. The summed E-state index contributed by atoms with van der Waals surface area (Å²) in [4.78, 5) is 12.4. The first-order valence-electron chi connectivity index (χ1n) is 8.03. The molecule has 3 rings (SSSR count). The first-order valence-corrected chi connectivity index (χ1v) is 9.96. The van der Waals surface area contributed by atoms with Gasteiger partial charge in [0.15, 0.2) is 6.10 Å². The van der Waals surface area contributed by atoms with E-state index in [9.17, 15) is 13.2 Å². The third-order valence-electron chi connectivity index (χ3n) is 3.95. The molecule has 6 nitrogen and oxygen atoms in total. The summed E-state index contributed by atoms with van der Waals surface area (Å²) in [5.74, 6) is 0.166. The first-order chi connectivity index (χ1) is 12.8. The summed E-state index contributed by atoms with van der Waals surface area (Å²) in [6.07, 6.45) is -0.785. The fourth-order valence-electron chi connectivity index (χ4n) is 2.55. The number of nitrogens with two attached hydrogens (primary N) is 1. The van der Waals surface area contributed by atoms with E-state index in [0.717, 1.165) is 10.8 Å². The van der Waals surface area contributed by atoms with Crippen LogP contribution in [-0.4, -0.2) is 20.4 Å². The van der Waals surface area contributed by atoms with E-state index in [-0.39, 0.29) is 10.8 Å². The van der Waals surface area contributed by atoms with Crippen LogP contribution in [0.2, 0.25) is 5.02 Å². The molecular formula is C19H17ClN2O4S. The molecule has 0 heterocycles. The second-order valence-electron chi connectivity index (χ2n) is 5.91. The summed E-state index contributed by atoms with van der Waals surface area (Å²) in [6, 6.07) is 16.5. The lowest BCUT2D eigenvalue weighted by Crippen LogP contribution is -2.30. The van der Waals surface area contributed by atoms with Crippen LogP contribution in [0.1, 0.15) is 6.92 Å². The van der Waals surface area contributed by atoms with E-state index in [1.54, 1.807) is 19.1 Å². The number of sulfonamides is 1. The van der Waals surface area contributed by atoms with Crippen molar-refractivity contribution in [1.29, 1.82) is 0 Å². The molecule has 0 aromatic heterocycles. The lowest BCUT2D eigenvalue weighted by atomic mass is 10.1. The van der Waals surface area contributed by atoms with Gasteiger partial charge in [0.25, 0.3) is 5.91 Å². The third-order valence-corrected chi connectivity index (χ3v) is 5.21. The molecule has 1 atom stereocenters. The van der Waals surface area contributed by atoms with Crippen LogP contribution in [0, 0.1) is 0 Å². The molecule has 0 saturated carbocycles. The number of hydrogen-bond donors (Lipinski definition) is 2. The van der Waals surface area contributed by atoms with Gasteiger partial charge in [0, 0.05) is 21.5 Å². The van der Waals surface area contributed by atoms with Crippen LogP contribution >= 0.6 is 11.6 Å². The molecule has 0 bridgehead atoms. The van der Waals surface area contributed by atoms with Crippen LogP contribution in [0.15, 0.2) is 65.6 Å². The minimum atomic E-state index is -3.78. The van der Waals surface area contributed by atoms with Gasteiger partial charge in [-0.25, -0.2) is 13.6 Å². The van der Waals surface area contributed by atoms with Crippen molar-refractivity contribution in [3.63, 3.8) is 0 Å². The van der Waals surface area contributed by atoms with Gasteiger partial charge >= 0.3 is 0 Å². The van der Waals surface area contributed by atoms with Crippen LogP contribution < -0.4 is 15.2 Å². The average molecular weight is 405 g/mol. The van der Waals surface area contributed by atoms with Crippen molar-refractivity contribution in [3.05, 3.63) is 65.7 Å². The van der Waals surface area contributed by atoms with Gasteiger partial charge in [-0.15, -0.1) is 0 Å². The van der Waals surface area contributed by atoms with E-state index in [4.69, 9.17) is 21.5 Å². The largest absolute Gasteiger partial charge is 0.480 e. The van der Waals surface area contributed by atoms with Crippen molar-refractivity contribution in [3.8, 4) is 5.75 Å². The minimum absolute atomic E-state index is 0.0302. The van der Waals surface area contributed by atoms with Gasteiger partial charge in [-0.05, 0) is 43.3 Å². The molecule has 0 aliphatic rings. The Kier molecular flexibility index (Phi) is 5.36. The van der Waals surface area contributed by atoms with Crippen LogP contribution in [0.5, 0.6) is 5.75 Å². The number of carbonyl (C=O) groups is 1. The number of fused-ring (bicyclic) bond motifs is 1. The molecule has 3 aromatic carbocycles. The summed E-state index contributed by atoms with van der Waals surface area (Å²) >= 11 is 6.19. The van der Waals surface area contributed by atoms with Gasteiger partial charge in [-0.2, -0.15) is 0 Å². The molecule has 8 heteroatoms. The predicted octanol–water partition coefficient (Wildman–Crippen LogP) is 3.55. The Morgan fingerprint density at radius 3 is 2.30 bits per heavy atom. The molecule has 0 aliphatic carbocycles. The Morgan fingerprint density at radius 2 is 1.67 bits per heavy atom. The Bertz CT molecular complexity index is 1100. The zero-order valence-corrected chi connectivity index (χ0v) is 15.9. The molecule has 27 heavy (non-hydrogen) atoms. The highest BCUT2D eigenvalue weighted by Crippen LogP contribution is 2.31. The number of ether oxygens (including phenoxy) is 1. The standard InChI is InChI=1S/C19H17ClN2O4S/c1-12(19(23)22-13-6-8-14(9-7-13)27(21,24)25)26-18-11-10-17(20)15-4-2-3-5-16(15)18/h2-12H,1H3,(H,22,23)(H2,21,24,25)/t12-/m0/s1. The summed E-state index contributed by atoms with van der Waals surface area (Å²) < 4.78 is 28.3. The van der Waals surface area contributed by atoms with Crippen LogP contribution in [-0.2, 0) is 14.8 Å². The van der Waals surface area contributed by atoms with Crippen LogP contribution in [0.25, 0.3) is 10.8 Å². The maximum Gasteiger partial charge on any atom is 0.265 e. The summed E-state index contributed by atoms with van der Waals surface area (Å²) in [5, 5.41) is 9.97. The molecule has 3 aromatic rings. The van der Waals surface area contributed by atoms with Crippen LogP contribution in [0.4, 0.5) is 5.69 Å². The van der Waals surface area contributed by atoms with Crippen molar-refractivity contribution in [2.75, 3.05) is 5.32 Å². The Hall–Kier alpha value is -2.61. The highest BCUT2D eigenvalue weighted by molar-refractivity contribution is 7.89. The number of halogens is 1. The Morgan fingerprint density at radius 1 is 1.04 bits per heavy atom. The number of amides is 1. The molecule has 140 valence electrons. The maximum absolute atomic E-state index is 12.4. The summed E-state index contributed by atoms with van der Waals surface area (Å²) in [6.45, 7) is 1.62. The molecule has 0 radical (unpaired) electrons. The van der Waals surface area contributed by atoms with Gasteiger partial charge in [-0.3, -0.25) is 4.79 Å². The predicted molar refractivity (Wildman–Crippen MR) is 105 cm³/mol. The van der Waals surface area contributed by atoms with E-state index in [2.05, 4.69) is 5.32 Å². The third kappa shape index (κ3) is 4.39. The van der Waals surface area contributed by atoms with Gasteiger partial charge in [0.05, 0.1) is 4.90 Å². The second-order valence-corrected chi connectivity index (χ2v) is 7.88. The second kappa shape index (κ2) is 7.56. The SMILES string of the molecule is C[C@H](Oc1ccc(Cl)c2ccccc12)C(=O)Nc1ccc(S(N)(=O)=O)cc1. The highest BCUT2D eigenvalue weighted by Gasteiger charge is 2.17. The number of hydrogen-bond acceptors (Lipinski definition) is 4. The lowest BCUT2D eigenvalue weighted by Gasteiger charge is -2.16. The number of anilines is 1. The van der Waals surface area contributed by atoms with Crippen LogP contribution in [0.3, 0.4) is 0 Å². The molecular weight excluding hydrogens is 388 g/mol. The van der Waals surface area contributed by atoms with E-state index in [1.165, 1.54) is 24.3 Å². The molecule has 0 unspecified atom stereocenters. The number of rotatable bonds is 5. The van der Waals surface area contributed by atoms with Crippen molar-refractivity contribution >= 4 is 44.0 Å². The highest BCUT2D eigenvalue weighted by atomic mass is 35.5. The number of benzene rings is 3. The zero-order valence-electron chi connectivity index (χ0n) is 14.3. The van der Waals surface area contributed by atoms with Crippen molar-refractivity contribution in [2.45, 2.75) is 17.9 Å². The smallest absolute Gasteiger partial charge is 0.265 e. The number of primary sulfonamides is 1. The van der Waals surface area contributed by atoms with E-state index < -0.39 is 16.1 Å². The lowest BCUT2D eigenvalue weighted by molar-refractivity contribution is -0.122. The molecule has 3 N–H and O–H groups in total. The van der Waals surface area contributed by atoms with Gasteiger partial charge in [-0.1, -0.05) is 35.9 Å². The fourth-order valence-corrected chi connectivity index (χ4v) is 3.30. The average Bonchev–Trinajstić information content (AvgIpc) is 2.64. The molecule has 0 aliphatic heterocycles. The van der Waals surface area contributed by atoms with E-state index in [1.807, 2.05) is 24.3 Å². The monoisotopic (exact) mass is 404 g/mol. The van der Waals surface area contributed by atoms with Gasteiger partial charge in [0.1, 0.15) is 5.75 Å². The van der Waals surface area contributed by atoms with E-state index >= 15 is 0 Å². The minimum Gasteiger partial charge on any atom is -0.480 e. The van der Waals surface area contributed by atoms with E-state index in [0.29, 0.717) is 16.5 Å². The van der Waals surface area contributed by atoms with Crippen molar-refractivity contribution in [2.24, 2.45) is 5.14 Å². The maximum atomic E-state index is 12.4. The van der Waals surface area contributed by atoms with Gasteiger partial charge < -0.3 is 10.1 Å². The normalized spacial score (nSPS) is 12.6. The summed E-state index contributed by atoms with van der Waals surface area (Å²) in [7, 11) is -3.78. The van der Waals surface area contributed by atoms with Crippen molar-refractivity contribution < 1.29 is 17.9 Å². The molecule has 0 saturated heterocycles. The van der Waals surface area contributed by atoms with Crippen molar-refractivity contribution in [1.82, 2.24) is 0 Å². The number of carbonyl (C=O) groups excluding carboxylic acids is 1. The number of nitrogens with one attached hydrogen (secondary N) is 1. The Labute approximate surface area is 161 Å². The quantitative estimate of drug-likeness (QED) is 0.679. The molecule has 0 spiro atoms. The zero-order chi connectivity index (χ0) is 19.6. The fraction of sp³-hybridized carbons (Fsp3) is 0.105. The molecule has 0 fully saturated rings. The molecule has 1 amide bonds.